The molecule has 1 aliphatic carbocycles. The number of benzene rings is 2. The molecular formula is C22H25N5O. The van der Waals surface area contributed by atoms with Crippen LogP contribution in [-0.4, -0.2) is 26.9 Å². The number of carbonyl (C=O) groups excluding carboxylic acids is 1. The lowest BCUT2D eigenvalue weighted by atomic mass is 9.92. The Kier molecular flexibility index (Phi) is 5.21. The van der Waals surface area contributed by atoms with Gasteiger partial charge in [-0.15, -0.1) is 5.10 Å². The summed E-state index contributed by atoms with van der Waals surface area (Å²) in [4.78, 5) is 12.7. The third-order valence-electron chi connectivity index (χ3n) is 5.44. The van der Waals surface area contributed by atoms with Crippen molar-refractivity contribution < 1.29 is 4.79 Å². The van der Waals surface area contributed by atoms with E-state index in [-0.39, 0.29) is 5.91 Å². The van der Waals surface area contributed by atoms with E-state index in [1.807, 2.05) is 66.3 Å². The number of hydrogen-bond donors (Lipinski definition) is 2. The molecule has 0 bridgehead atoms. The standard InChI is InChI=1S/C22H25N5O/c1-15-7-8-16(13-20(15)22(28)24-18-5-3-2-4-6-18)21-14-27(26-25-21)19-11-9-17(23)10-12-19/h2-8,13-14,17,19H,9-12,23H2,1H3,(H,24,28). The van der Waals surface area contributed by atoms with Crippen molar-refractivity contribution in [3.8, 4) is 11.3 Å². The summed E-state index contributed by atoms with van der Waals surface area (Å²) in [6.07, 6.45) is 6.08. The summed E-state index contributed by atoms with van der Waals surface area (Å²) < 4.78 is 1.95. The van der Waals surface area contributed by atoms with E-state index < -0.39 is 0 Å². The molecule has 1 aromatic heterocycles. The number of nitrogens with zero attached hydrogens (tertiary/aromatic N) is 3. The molecule has 1 fully saturated rings. The molecule has 1 amide bonds. The van der Waals surface area contributed by atoms with Crippen molar-refractivity contribution in [2.45, 2.75) is 44.7 Å². The van der Waals surface area contributed by atoms with E-state index in [0.29, 0.717) is 17.6 Å². The topological polar surface area (TPSA) is 85.8 Å². The smallest absolute Gasteiger partial charge is 0.255 e. The van der Waals surface area contributed by atoms with E-state index in [1.54, 1.807) is 0 Å². The highest BCUT2D eigenvalue weighted by atomic mass is 16.1. The molecule has 0 aliphatic heterocycles. The van der Waals surface area contributed by atoms with Crippen LogP contribution in [0.4, 0.5) is 5.69 Å². The van der Waals surface area contributed by atoms with E-state index in [9.17, 15) is 4.79 Å². The molecule has 6 heteroatoms. The Hall–Kier alpha value is -2.99. The zero-order chi connectivity index (χ0) is 19.5. The van der Waals surface area contributed by atoms with Crippen molar-refractivity contribution in [2.75, 3.05) is 5.32 Å². The SMILES string of the molecule is Cc1ccc(-c2cn(C3CCC(N)CC3)nn2)cc1C(=O)Nc1ccccc1. The Bertz CT molecular complexity index is 958. The highest BCUT2D eigenvalue weighted by molar-refractivity contribution is 6.05. The van der Waals surface area contributed by atoms with E-state index in [2.05, 4.69) is 15.6 Å². The number of anilines is 1. The Morgan fingerprint density at radius 1 is 1.11 bits per heavy atom. The zero-order valence-corrected chi connectivity index (χ0v) is 16.0. The molecule has 4 rings (SSSR count). The van der Waals surface area contributed by atoms with Crippen molar-refractivity contribution in [3.05, 3.63) is 65.9 Å². The lowest BCUT2D eigenvalue weighted by Crippen LogP contribution is -2.28. The maximum absolute atomic E-state index is 12.7. The van der Waals surface area contributed by atoms with Crippen LogP contribution >= 0.6 is 0 Å². The van der Waals surface area contributed by atoms with Crippen LogP contribution < -0.4 is 11.1 Å². The maximum atomic E-state index is 12.7. The first-order valence-corrected chi connectivity index (χ1v) is 9.75. The van der Waals surface area contributed by atoms with E-state index in [4.69, 9.17) is 5.73 Å². The first kappa shape index (κ1) is 18.4. The molecule has 144 valence electrons. The molecule has 3 aromatic rings. The van der Waals surface area contributed by atoms with Crippen molar-refractivity contribution >= 4 is 11.6 Å². The summed E-state index contributed by atoms with van der Waals surface area (Å²) in [5.74, 6) is -0.126. The molecule has 2 aromatic carbocycles. The van der Waals surface area contributed by atoms with Gasteiger partial charge in [0.05, 0.1) is 12.2 Å². The normalized spacial score (nSPS) is 19.4. The minimum Gasteiger partial charge on any atom is -0.328 e. The van der Waals surface area contributed by atoms with Crippen LogP contribution in [0.1, 0.15) is 47.6 Å². The summed E-state index contributed by atoms with van der Waals surface area (Å²) in [5, 5.41) is 11.6. The van der Waals surface area contributed by atoms with Crippen LogP contribution in [0.25, 0.3) is 11.3 Å². The van der Waals surface area contributed by atoms with Crippen LogP contribution in [0.15, 0.2) is 54.7 Å². The molecule has 3 N–H and O–H groups in total. The Labute approximate surface area is 164 Å². The highest BCUT2D eigenvalue weighted by Gasteiger charge is 2.21. The predicted molar refractivity (Wildman–Crippen MR) is 110 cm³/mol. The van der Waals surface area contributed by atoms with Gasteiger partial charge in [0.15, 0.2) is 0 Å². The first-order valence-electron chi connectivity index (χ1n) is 9.75. The molecule has 0 radical (unpaired) electrons. The molecule has 1 aliphatic rings. The fraction of sp³-hybridized carbons (Fsp3) is 0.318. The van der Waals surface area contributed by atoms with Crippen molar-refractivity contribution in [1.82, 2.24) is 15.0 Å². The third-order valence-corrected chi connectivity index (χ3v) is 5.44. The van der Waals surface area contributed by atoms with Crippen LogP contribution in [0.3, 0.4) is 0 Å². The van der Waals surface area contributed by atoms with Crippen molar-refractivity contribution in [3.63, 3.8) is 0 Å². The second-order valence-electron chi connectivity index (χ2n) is 7.50. The van der Waals surface area contributed by atoms with E-state index >= 15 is 0 Å². The number of nitrogens with two attached hydrogens (primary N) is 1. The van der Waals surface area contributed by atoms with Gasteiger partial charge in [0.1, 0.15) is 5.69 Å². The van der Waals surface area contributed by atoms with E-state index in [0.717, 1.165) is 48.2 Å². The largest absolute Gasteiger partial charge is 0.328 e. The Morgan fingerprint density at radius 3 is 2.61 bits per heavy atom. The van der Waals surface area contributed by atoms with Gasteiger partial charge in [-0.2, -0.15) is 0 Å². The van der Waals surface area contributed by atoms with Gasteiger partial charge in [0.25, 0.3) is 5.91 Å². The van der Waals surface area contributed by atoms with Crippen molar-refractivity contribution in [1.29, 1.82) is 0 Å². The molecular weight excluding hydrogens is 350 g/mol. The number of para-hydroxylation sites is 1. The monoisotopic (exact) mass is 375 g/mol. The van der Waals surface area contributed by atoms with Crippen LogP contribution in [0.2, 0.25) is 0 Å². The molecule has 0 saturated heterocycles. The molecule has 1 saturated carbocycles. The minimum atomic E-state index is -0.126. The average Bonchev–Trinajstić information content (AvgIpc) is 3.20. The maximum Gasteiger partial charge on any atom is 0.255 e. The number of aromatic nitrogens is 3. The highest BCUT2D eigenvalue weighted by Crippen LogP contribution is 2.28. The van der Waals surface area contributed by atoms with Gasteiger partial charge in [-0.25, -0.2) is 4.68 Å². The van der Waals surface area contributed by atoms with Gasteiger partial charge in [0, 0.05) is 22.9 Å². The number of nitrogens with one attached hydrogen (secondary N) is 1. The number of amides is 1. The van der Waals surface area contributed by atoms with Gasteiger partial charge >= 0.3 is 0 Å². The molecule has 1 heterocycles. The first-order chi connectivity index (χ1) is 13.6. The second-order valence-corrected chi connectivity index (χ2v) is 7.50. The number of carbonyl (C=O) groups is 1. The minimum absolute atomic E-state index is 0.126. The zero-order valence-electron chi connectivity index (χ0n) is 16.0. The average molecular weight is 375 g/mol. The summed E-state index contributed by atoms with van der Waals surface area (Å²) in [7, 11) is 0. The molecule has 0 unspecified atom stereocenters. The number of rotatable bonds is 4. The molecule has 0 spiro atoms. The summed E-state index contributed by atoms with van der Waals surface area (Å²) in [6.45, 7) is 1.94. The van der Waals surface area contributed by atoms with Crippen molar-refractivity contribution in [2.24, 2.45) is 5.73 Å². The fourth-order valence-corrected chi connectivity index (χ4v) is 3.70. The van der Waals surface area contributed by atoms with Crippen LogP contribution in [-0.2, 0) is 0 Å². The third kappa shape index (κ3) is 3.97. The fourth-order valence-electron chi connectivity index (χ4n) is 3.70. The Balaban J connectivity index is 1.55. The van der Waals surface area contributed by atoms with Gasteiger partial charge in [-0.1, -0.05) is 35.5 Å². The van der Waals surface area contributed by atoms with Gasteiger partial charge < -0.3 is 11.1 Å². The van der Waals surface area contributed by atoms with Gasteiger partial charge in [0.2, 0.25) is 0 Å². The predicted octanol–water partition coefficient (Wildman–Crippen LogP) is 3.95. The number of hydrogen-bond acceptors (Lipinski definition) is 4. The Morgan fingerprint density at radius 2 is 1.86 bits per heavy atom. The van der Waals surface area contributed by atoms with Crippen LogP contribution in [0, 0.1) is 6.92 Å². The number of aryl methyl sites for hydroxylation is 1. The summed E-state index contributed by atoms with van der Waals surface area (Å²) in [6, 6.07) is 16.0. The molecule has 28 heavy (non-hydrogen) atoms. The van der Waals surface area contributed by atoms with Crippen LogP contribution in [0.5, 0.6) is 0 Å². The van der Waals surface area contributed by atoms with E-state index in [1.165, 1.54) is 0 Å². The van der Waals surface area contributed by atoms with Gasteiger partial charge in [-0.05, 0) is 56.4 Å². The molecule has 0 atom stereocenters. The quantitative estimate of drug-likeness (QED) is 0.723. The summed E-state index contributed by atoms with van der Waals surface area (Å²) >= 11 is 0. The second kappa shape index (κ2) is 7.94. The lowest BCUT2D eigenvalue weighted by Gasteiger charge is -2.25. The lowest BCUT2D eigenvalue weighted by molar-refractivity contribution is 0.102. The van der Waals surface area contributed by atoms with Gasteiger partial charge in [-0.3, -0.25) is 4.79 Å². The molecule has 6 nitrogen and oxygen atoms in total. The summed E-state index contributed by atoms with van der Waals surface area (Å²) in [5.41, 5.74) is 10.0.